The molecular formula is C9H11N3. The molecule has 62 valence electrons. The minimum absolute atomic E-state index is 0.144. The number of hydrogen-bond donors (Lipinski definition) is 1. The highest BCUT2D eigenvalue weighted by Gasteiger charge is 2.02. The molecule has 0 bridgehead atoms. The minimum Gasteiger partial charge on any atom is -0.296 e. The highest BCUT2D eigenvalue weighted by atomic mass is 14.9. The highest BCUT2D eigenvalue weighted by molar-refractivity contribution is 5.07. The summed E-state index contributed by atoms with van der Waals surface area (Å²) in [6.07, 6.45) is 1.75. The Morgan fingerprint density at radius 1 is 1.67 bits per heavy atom. The number of hydrogen-bond acceptors (Lipinski definition) is 3. The molecule has 12 heavy (non-hydrogen) atoms. The van der Waals surface area contributed by atoms with Crippen LogP contribution in [-0.4, -0.2) is 11.5 Å². The summed E-state index contributed by atoms with van der Waals surface area (Å²) in [7, 11) is 0. The normalized spacial score (nSPS) is 12.0. The molecular weight excluding hydrogens is 150 g/mol. The zero-order valence-corrected chi connectivity index (χ0v) is 6.99. The van der Waals surface area contributed by atoms with Gasteiger partial charge in [-0.05, 0) is 19.1 Å². The van der Waals surface area contributed by atoms with Crippen molar-refractivity contribution >= 4 is 0 Å². The zero-order valence-electron chi connectivity index (χ0n) is 6.99. The molecule has 1 rings (SSSR count). The summed E-state index contributed by atoms with van der Waals surface area (Å²) in [4.78, 5) is 4.16. The predicted octanol–water partition coefficient (Wildman–Crippen LogP) is 1.26. The lowest BCUT2D eigenvalue weighted by molar-refractivity contribution is 0.604. The monoisotopic (exact) mass is 161 g/mol. The summed E-state index contributed by atoms with van der Waals surface area (Å²) in [6.45, 7) is 2.34. The number of aromatic nitrogens is 1. The van der Waals surface area contributed by atoms with E-state index in [2.05, 4.69) is 10.3 Å². The molecule has 3 heteroatoms. The van der Waals surface area contributed by atoms with Crippen molar-refractivity contribution in [2.75, 3.05) is 6.54 Å². The molecule has 0 amide bonds. The van der Waals surface area contributed by atoms with Gasteiger partial charge >= 0.3 is 0 Å². The Balaban J connectivity index is 2.55. The number of rotatable bonds is 3. The summed E-state index contributed by atoms with van der Waals surface area (Å²) >= 11 is 0. The third-order valence-corrected chi connectivity index (χ3v) is 1.62. The van der Waals surface area contributed by atoms with Gasteiger partial charge in [-0.15, -0.1) is 0 Å². The molecule has 0 fully saturated rings. The van der Waals surface area contributed by atoms with Crippen molar-refractivity contribution in [2.24, 2.45) is 0 Å². The topological polar surface area (TPSA) is 48.7 Å². The molecule has 0 aliphatic heterocycles. The van der Waals surface area contributed by atoms with Gasteiger partial charge in [-0.3, -0.25) is 10.3 Å². The standard InChI is InChI=1S/C9H11N3/c1-8(11-7-5-10)9-4-2-3-6-12-9/h2-4,6,8,11H,7H2,1H3/t8-/m1/s1. The molecule has 0 unspecified atom stereocenters. The van der Waals surface area contributed by atoms with E-state index in [1.807, 2.05) is 31.2 Å². The SMILES string of the molecule is C[C@@H](NCC#N)c1ccccn1. The number of nitriles is 1. The number of nitrogens with zero attached hydrogens (tertiary/aromatic N) is 2. The summed E-state index contributed by atoms with van der Waals surface area (Å²) in [5.74, 6) is 0. The lowest BCUT2D eigenvalue weighted by atomic mass is 10.2. The first-order valence-electron chi connectivity index (χ1n) is 3.86. The molecule has 0 radical (unpaired) electrons. The Morgan fingerprint density at radius 3 is 3.08 bits per heavy atom. The van der Waals surface area contributed by atoms with Crippen LogP contribution in [-0.2, 0) is 0 Å². The van der Waals surface area contributed by atoms with Crippen molar-refractivity contribution in [3.8, 4) is 6.07 Å². The van der Waals surface area contributed by atoms with E-state index >= 15 is 0 Å². The fourth-order valence-corrected chi connectivity index (χ4v) is 0.935. The fourth-order valence-electron chi connectivity index (χ4n) is 0.935. The Labute approximate surface area is 72.1 Å². The first-order valence-corrected chi connectivity index (χ1v) is 3.86. The molecule has 0 saturated heterocycles. The van der Waals surface area contributed by atoms with Crippen LogP contribution >= 0.6 is 0 Å². The molecule has 0 saturated carbocycles. The van der Waals surface area contributed by atoms with Gasteiger partial charge in [0, 0.05) is 12.2 Å². The van der Waals surface area contributed by atoms with Gasteiger partial charge in [0.15, 0.2) is 0 Å². The Morgan fingerprint density at radius 2 is 2.50 bits per heavy atom. The van der Waals surface area contributed by atoms with Crippen molar-refractivity contribution in [1.29, 1.82) is 5.26 Å². The number of pyridine rings is 1. The molecule has 1 N–H and O–H groups in total. The maximum absolute atomic E-state index is 8.33. The third kappa shape index (κ3) is 2.33. The first kappa shape index (κ1) is 8.69. The molecule has 0 aliphatic rings. The van der Waals surface area contributed by atoms with Crippen molar-refractivity contribution in [1.82, 2.24) is 10.3 Å². The van der Waals surface area contributed by atoms with E-state index in [-0.39, 0.29) is 6.04 Å². The fraction of sp³-hybridized carbons (Fsp3) is 0.333. The van der Waals surface area contributed by atoms with E-state index in [0.717, 1.165) is 5.69 Å². The zero-order chi connectivity index (χ0) is 8.81. The molecule has 3 nitrogen and oxygen atoms in total. The summed E-state index contributed by atoms with van der Waals surface area (Å²) < 4.78 is 0. The second kappa shape index (κ2) is 4.47. The minimum atomic E-state index is 0.144. The second-order valence-corrected chi connectivity index (χ2v) is 2.52. The van der Waals surface area contributed by atoms with Crippen LogP contribution in [0.15, 0.2) is 24.4 Å². The van der Waals surface area contributed by atoms with Gasteiger partial charge in [-0.1, -0.05) is 6.07 Å². The van der Waals surface area contributed by atoms with E-state index < -0.39 is 0 Å². The van der Waals surface area contributed by atoms with Crippen LogP contribution in [0, 0.1) is 11.3 Å². The van der Waals surface area contributed by atoms with Crippen LogP contribution in [0.2, 0.25) is 0 Å². The van der Waals surface area contributed by atoms with Crippen molar-refractivity contribution in [3.05, 3.63) is 30.1 Å². The van der Waals surface area contributed by atoms with E-state index in [0.29, 0.717) is 6.54 Å². The second-order valence-electron chi connectivity index (χ2n) is 2.52. The Hall–Kier alpha value is -1.40. The van der Waals surface area contributed by atoms with E-state index in [9.17, 15) is 0 Å². The lowest BCUT2D eigenvalue weighted by Crippen LogP contribution is -2.19. The maximum atomic E-state index is 8.33. The van der Waals surface area contributed by atoms with E-state index in [4.69, 9.17) is 5.26 Å². The Bertz CT molecular complexity index is 263. The maximum Gasteiger partial charge on any atom is 0.0846 e. The number of nitrogens with one attached hydrogen (secondary N) is 1. The molecule has 1 heterocycles. The molecule has 0 aliphatic carbocycles. The Kier molecular flexibility index (Phi) is 3.24. The van der Waals surface area contributed by atoms with Gasteiger partial charge in [-0.25, -0.2) is 0 Å². The summed E-state index contributed by atoms with van der Waals surface area (Å²) in [6, 6.07) is 7.93. The van der Waals surface area contributed by atoms with Gasteiger partial charge in [0.1, 0.15) is 0 Å². The summed E-state index contributed by atoms with van der Waals surface area (Å²) in [5, 5.41) is 11.4. The highest BCUT2D eigenvalue weighted by Crippen LogP contribution is 2.06. The van der Waals surface area contributed by atoms with E-state index in [1.54, 1.807) is 6.20 Å². The summed E-state index contributed by atoms with van der Waals surface area (Å²) in [5.41, 5.74) is 0.966. The van der Waals surface area contributed by atoms with Crippen LogP contribution in [0.1, 0.15) is 18.7 Å². The largest absolute Gasteiger partial charge is 0.296 e. The lowest BCUT2D eigenvalue weighted by Gasteiger charge is -2.09. The van der Waals surface area contributed by atoms with Gasteiger partial charge in [0.25, 0.3) is 0 Å². The first-order chi connectivity index (χ1) is 5.84. The van der Waals surface area contributed by atoms with Gasteiger partial charge < -0.3 is 0 Å². The van der Waals surface area contributed by atoms with Crippen LogP contribution in [0.4, 0.5) is 0 Å². The van der Waals surface area contributed by atoms with Crippen molar-refractivity contribution in [2.45, 2.75) is 13.0 Å². The molecule has 0 aromatic carbocycles. The quantitative estimate of drug-likeness (QED) is 0.679. The average Bonchev–Trinajstić information content (AvgIpc) is 2.15. The smallest absolute Gasteiger partial charge is 0.0846 e. The van der Waals surface area contributed by atoms with E-state index in [1.165, 1.54) is 0 Å². The molecule has 1 aromatic heterocycles. The van der Waals surface area contributed by atoms with Gasteiger partial charge in [0.05, 0.1) is 18.3 Å². The molecule has 0 spiro atoms. The van der Waals surface area contributed by atoms with Crippen molar-refractivity contribution in [3.63, 3.8) is 0 Å². The predicted molar refractivity (Wildman–Crippen MR) is 46.3 cm³/mol. The van der Waals surface area contributed by atoms with Gasteiger partial charge in [0.2, 0.25) is 0 Å². The van der Waals surface area contributed by atoms with Crippen molar-refractivity contribution < 1.29 is 0 Å². The average molecular weight is 161 g/mol. The molecule has 1 atom stereocenters. The van der Waals surface area contributed by atoms with Crippen LogP contribution in [0.3, 0.4) is 0 Å². The van der Waals surface area contributed by atoms with Crippen LogP contribution < -0.4 is 5.32 Å². The third-order valence-electron chi connectivity index (χ3n) is 1.62. The van der Waals surface area contributed by atoms with Crippen LogP contribution in [0.5, 0.6) is 0 Å². The molecule has 1 aromatic rings. The van der Waals surface area contributed by atoms with Gasteiger partial charge in [-0.2, -0.15) is 5.26 Å². The van der Waals surface area contributed by atoms with Crippen LogP contribution in [0.25, 0.3) is 0 Å².